The molecular formula is C16H27FN2. The molecule has 2 atom stereocenters. The van der Waals surface area contributed by atoms with Crippen molar-refractivity contribution in [2.75, 3.05) is 0 Å². The third kappa shape index (κ3) is 4.92. The predicted molar refractivity (Wildman–Crippen MR) is 79.1 cm³/mol. The summed E-state index contributed by atoms with van der Waals surface area (Å²) in [4.78, 5) is 0. The van der Waals surface area contributed by atoms with E-state index in [2.05, 4.69) is 19.3 Å². The minimum absolute atomic E-state index is 0.0956. The Kier molecular flexibility index (Phi) is 7.03. The highest BCUT2D eigenvalue weighted by Gasteiger charge is 2.18. The van der Waals surface area contributed by atoms with Crippen LogP contribution < -0.4 is 11.3 Å². The molecule has 0 fully saturated rings. The van der Waals surface area contributed by atoms with Crippen molar-refractivity contribution in [3.63, 3.8) is 0 Å². The number of hydrogen-bond acceptors (Lipinski definition) is 2. The Balaban J connectivity index is 2.78. The number of hydrazine groups is 1. The zero-order valence-electron chi connectivity index (χ0n) is 12.4. The monoisotopic (exact) mass is 266 g/mol. The van der Waals surface area contributed by atoms with E-state index in [4.69, 9.17) is 5.84 Å². The largest absolute Gasteiger partial charge is 0.271 e. The van der Waals surface area contributed by atoms with Crippen LogP contribution in [0.4, 0.5) is 4.39 Å². The molecule has 108 valence electrons. The molecule has 0 radical (unpaired) electrons. The lowest BCUT2D eigenvalue weighted by Crippen LogP contribution is -2.30. The molecule has 0 aliphatic heterocycles. The van der Waals surface area contributed by atoms with Crippen molar-refractivity contribution in [3.8, 4) is 0 Å². The van der Waals surface area contributed by atoms with Crippen molar-refractivity contribution < 1.29 is 4.39 Å². The van der Waals surface area contributed by atoms with E-state index in [0.29, 0.717) is 11.5 Å². The molecule has 2 unspecified atom stereocenters. The van der Waals surface area contributed by atoms with Gasteiger partial charge in [0.25, 0.3) is 0 Å². The Morgan fingerprint density at radius 3 is 2.63 bits per heavy atom. The van der Waals surface area contributed by atoms with Gasteiger partial charge in [-0.25, -0.2) is 4.39 Å². The van der Waals surface area contributed by atoms with Crippen molar-refractivity contribution in [1.29, 1.82) is 0 Å². The van der Waals surface area contributed by atoms with E-state index in [1.54, 1.807) is 6.07 Å². The lowest BCUT2D eigenvalue weighted by molar-refractivity contribution is 0.350. The molecule has 1 aromatic rings. The van der Waals surface area contributed by atoms with Crippen LogP contribution in [0.1, 0.15) is 63.1 Å². The van der Waals surface area contributed by atoms with Crippen LogP contribution in [0.3, 0.4) is 0 Å². The number of benzene rings is 1. The van der Waals surface area contributed by atoms with Crippen LogP contribution in [0.15, 0.2) is 18.2 Å². The summed E-state index contributed by atoms with van der Waals surface area (Å²) in [6.45, 7) is 6.37. The second-order valence-corrected chi connectivity index (χ2v) is 5.40. The highest BCUT2D eigenvalue weighted by atomic mass is 19.1. The molecule has 2 nitrogen and oxygen atoms in total. The van der Waals surface area contributed by atoms with Gasteiger partial charge in [0.2, 0.25) is 0 Å². The standard InChI is InChI=1S/C16H27FN2/c1-4-6-7-13(5-2)11-16(19-18)14-10-12(3)8-9-15(14)17/h8-10,13,16,19H,4-7,11,18H2,1-3H3. The van der Waals surface area contributed by atoms with Crippen molar-refractivity contribution in [1.82, 2.24) is 5.43 Å². The van der Waals surface area contributed by atoms with Gasteiger partial charge < -0.3 is 0 Å². The second kappa shape index (κ2) is 8.28. The summed E-state index contributed by atoms with van der Waals surface area (Å²) in [5.41, 5.74) is 4.55. The van der Waals surface area contributed by atoms with Crippen LogP contribution in [0, 0.1) is 18.7 Å². The van der Waals surface area contributed by atoms with E-state index in [9.17, 15) is 4.39 Å². The first-order chi connectivity index (χ1) is 9.12. The number of aryl methyl sites for hydroxylation is 1. The number of nitrogens with two attached hydrogens (primary N) is 1. The van der Waals surface area contributed by atoms with Gasteiger partial charge >= 0.3 is 0 Å². The highest BCUT2D eigenvalue weighted by molar-refractivity contribution is 5.26. The first kappa shape index (κ1) is 16.1. The fraction of sp³-hybridized carbons (Fsp3) is 0.625. The van der Waals surface area contributed by atoms with Crippen molar-refractivity contribution >= 4 is 0 Å². The Morgan fingerprint density at radius 1 is 1.32 bits per heavy atom. The van der Waals surface area contributed by atoms with E-state index in [1.165, 1.54) is 25.3 Å². The van der Waals surface area contributed by atoms with Gasteiger partial charge in [-0.15, -0.1) is 0 Å². The first-order valence-electron chi connectivity index (χ1n) is 7.34. The van der Waals surface area contributed by atoms with Gasteiger partial charge in [0.15, 0.2) is 0 Å². The smallest absolute Gasteiger partial charge is 0.128 e. The average Bonchev–Trinajstić information content (AvgIpc) is 2.42. The van der Waals surface area contributed by atoms with Crippen molar-refractivity contribution in [2.45, 2.75) is 58.9 Å². The molecule has 3 heteroatoms. The van der Waals surface area contributed by atoms with Crippen LogP contribution in [-0.4, -0.2) is 0 Å². The SMILES string of the molecule is CCCCC(CC)CC(NN)c1cc(C)ccc1F. The molecule has 0 aliphatic rings. The molecule has 1 rings (SSSR count). The fourth-order valence-electron chi connectivity index (χ4n) is 2.53. The lowest BCUT2D eigenvalue weighted by atomic mass is 9.89. The Morgan fingerprint density at radius 2 is 2.05 bits per heavy atom. The summed E-state index contributed by atoms with van der Waals surface area (Å²) in [5.74, 6) is 6.07. The van der Waals surface area contributed by atoms with E-state index >= 15 is 0 Å². The quantitative estimate of drug-likeness (QED) is 0.545. The van der Waals surface area contributed by atoms with Crippen LogP contribution >= 0.6 is 0 Å². The summed E-state index contributed by atoms with van der Waals surface area (Å²) >= 11 is 0. The van der Waals surface area contributed by atoms with Gasteiger partial charge in [-0.3, -0.25) is 11.3 Å². The summed E-state index contributed by atoms with van der Waals surface area (Å²) < 4.78 is 13.9. The van der Waals surface area contributed by atoms with Gasteiger partial charge in [0.05, 0.1) is 0 Å². The molecule has 0 heterocycles. The third-order valence-electron chi connectivity index (χ3n) is 3.84. The number of unbranched alkanes of at least 4 members (excludes halogenated alkanes) is 1. The summed E-state index contributed by atoms with van der Waals surface area (Å²) in [6.07, 6.45) is 5.64. The van der Waals surface area contributed by atoms with Gasteiger partial charge in [-0.05, 0) is 25.3 Å². The van der Waals surface area contributed by atoms with E-state index in [0.717, 1.165) is 18.4 Å². The van der Waals surface area contributed by atoms with Gasteiger partial charge in [0, 0.05) is 11.6 Å². The van der Waals surface area contributed by atoms with Gasteiger partial charge in [0.1, 0.15) is 5.82 Å². The minimum atomic E-state index is -0.168. The van der Waals surface area contributed by atoms with E-state index in [1.807, 2.05) is 13.0 Å². The molecule has 0 saturated heterocycles. The van der Waals surface area contributed by atoms with E-state index in [-0.39, 0.29) is 11.9 Å². The maximum atomic E-state index is 13.9. The topological polar surface area (TPSA) is 38.0 Å². The Bertz CT molecular complexity index is 379. The van der Waals surface area contributed by atoms with Crippen LogP contribution in [0.2, 0.25) is 0 Å². The summed E-state index contributed by atoms with van der Waals surface area (Å²) in [7, 11) is 0. The maximum absolute atomic E-state index is 13.9. The van der Waals surface area contributed by atoms with Crippen LogP contribution in [0.25, 0.3) is 0 Å². The van der Waals surface area contributed by atoms with Crippen molar-refractivity contribution in [3.05, 3.63) is 35.1 Å². The predicted octanol–water partition coefficient (Wildman–Crippen LogP) is 4.25. The van der Waals surface area contributed by atoms with Gasteiger partial charge in [-0.2, -0.15) is 0 Å². The normalized spacial score (nSPS) is 14.4. The number of hydrogen-bond donors (Lipinski definition) is 2. The zero-order valence-corrected chi connectivity index (χ0v) is 12.4. The van der Waals surface area contributed by atoms with Crippen molar-refractivity contribution in [2.24, 2.45) is 11.8 Å². The number of nitrogens with one attached hydrogen (secondary N) is 1. The van der Waals surface area contributed by atoms with Crippen LogP contribution in [-0.2, 0) is 0 Å². The second-order valence-electron chi connectivity index (χ2n) is 5.40. The average molecular weight is 266 g/mol. The number of rotatable bonds is 8. The zero-order chi connectivity index (χ0) is 14.3. The molecule has 0 bridgehead atoms. The fourth-order valence-corrected chi connectivity index (χ4v) is 2.53. The molecule has 0 aliphatic carbocycles. The molecule has 1 aromatic carbocycles. The summed E-state index contributed by atoms with van der Waals surface area (Å²) in [6, 6.07) is 5.12. The molecule has 0 aromatic heterocycles. The third-order valence-corrected chi connectivity index (χ3v) is 3.84. The van der Waals surface area contributed by atoms with E-state index < -0.39 is 0 Å². The molecule has 19 heavy (non-hydrogen) atoms. The molecule has 0 saturated carbocycles. The molecule has 0 amide bonds. The van der Waals surface area contributed by atoms with Gasteiger partial charge in [-0.1, -0.05) is 57.2 Å². The minimum Gasteiger partial charge on any atom is -0.271 e. The molecule has 3 N–H and O–H groups in total. The Hall–Kier alpha value is -0.930. The molecular weight excluding hydrogens is 239 g/mol. The highest BCUT2D eigenvalue weighted by Crippen LogP contribution is 2.28. The Labute approximate surface area is 116 Å². The van der Waals surface area contributed by atoms with Crippen LogP contribution in [0.5, 0.6) is 0 Å². The maximum Gasteiger partial charge on any atom is 0.128 e. The first-order valence-corrected chi connectivity index (χ1v) is 7.34. The number of halogens is 1. The molecule has 0 spiro atoms. The lowest BCUT2D eigenvalue weighted by Gasteiger charge is -2.23. The summed E-state index contributed by atoms with van der Waals surface area (Å²) in [5, 5.41) is 0.